The van der Waals surface area contributed by atoms with Crippen LogP contribution < -0.4 is 0 Å². The SMILES string of the molecule is CC(=C1C(=O)C(/C(C)=C2/C=C(c3ccccc3)OC(C(C)(C)C)=C2)=C1O)C1C=C(c2ccccc2)OC(C(C)(C)C)=C1. The minimum Gasteiger partial charge on any atom is -0.506 e. The molecule has 4 nitrogen and oxygen atoms in total. The van der Waals surface area contributed by atoms with Gasteiger partial charge >= 0.3 is 0 Å². The molecule has 42 heavy (non-hydrogen) atoms. The molecule has 1 aliphatic carbocycles. The van der Waals surface area contributed by atoms with E-state index in [-0.39, 0.29) is 28.3 Å². The van der Waals surface area contributed by atoms with Crippen molar-refractivity contribution in [3.8, 4) is 0 Å². The van der Waals surface area contributed by atoms with Crippen LogP contribution >= 0.6 is 0 Å². The molecule has 2 heterocycles. The second-order valence-electron chi connectivity index (χ2n) is 13.2. The van der Waals surface area contributed by atoms with Crippen LogP contribution in [0.4, 0.5) is 0 Å². The van der Waals surface area contributed by atoms with E-state index in [1.54, 1.807) is 0 Å². The summed E-state index contributed by atoms with van der Waals surface area (Å²) in [5, 5.41) is 11.4. The molecule has 2 aromatic rings. The number of aliphatic hydroxyl groups is 1. The number of hydrogen-bond acceptors (Lipinski definition) is 4. The quantitative estimate of drug-likeness (QED) is 0.378. The van der Waals surface area contributed by atoms with E-state index >= 15 is 0 Å². The zero-order valence-corrected chi connectivity index (χ0v) is 25.8. The van der Waals surface area contributed by atoms with Crippen LogP contribution in [0.1, 0.15) is 66.5 Å². The van der Waals surface area contributed by atoms with Gasteiger partial charge in [0.1, 0.15) is 28.8 Å². The van der Waals surface area contributed by atoms with E-state index in [9.17, 15) is 9.90 Å². The lowest BCUT2D eigenvalue weighted by Crippen LogP contribution is -2.27. The largest absolute Gasteiger partial charge is 0.506 e. The monoisotopic (exact) mass is 560 g/mol. The lowest BCUT2D eigenvalue weighted by molar-refractivity contribution is -0.113. The van der Waals surface area contributed by atoms with Crippen molar-refractivity contribution in [2.75, 3.05) is 0 Å². The van der Waals surface area contributed by atoms with Gasteiger partial charge in [0.2, 0.25) is 5.78 Å². The van der Waals surface area contributed by atoms with Crippen LogP contribution in [0.5, 0.6) is 0 Å². The Labute approximate surface area is 249 Å². The molecule has 0 saturated carbocycles. The molecule has 4 heteroatoms. The van der Waals surface area contributed by atoms with Crippen LogP contribution in [0.25, 0.3) is 11.5 Å². The van der Waals surface area contributed by atoms with Crippen molar-refractivity contribution in [1.82, 2.24) is 0 Å². The van der Waals surface area contributed by atoms with E-state index in [2.05, 4.69) is 47.6 Å². The second-order valence-corrected chi connectivity index (χ2v) is 13.2. The number of ketones is 1. The van der Waals surface area contributed by atoms with Crippen LogP contribution in [-0.4, -0.2) is 10.9 Å². The highest BCUT2D eigenvalue weighted by molar-refractivity contribution is 6.22. The number of rotatable bonds is 4. The van der Waals surface area contributed by atoms with Crippen molar-refractivity contribution in [2.45, 2.75) is 55.4 Å². The van der Waals surface area contributed by atoms with Crippen LogP contribution in [0.3, 0.4) is 0 Å². The van der Waals surface area contributed by atoms with Crippen LogP contribution in [0.2, 0.25) is 0 Å². The van der Waals surface area contributed by atoms with Crippen LogP contribution in [0, 0.1) is 16.7 Å². The Morgan fingerprint density at radius 2 is 1.24 bits per heavy atom. The molecule has 5 rings (SSSR count). The van der Waals surface area contributed by atoms with E-state index in [4.69, 9.17) is 9.47 Å². The molecule has 0 saturated heterocycles. The predicted molar refractivity (Wildman–Crippen MR) is 170 cm³/mol. The van der Waals surface area contributed by atoms with Gasteiger partial charge in [-0.15, -0.1) is 0 Å². The number of carbonyl (C=O) groups excluding carboxylic acids is 1. The van der Waals surface area contributed by atoms with Gasteiger partial charge in [0.15, 0.2) is 0 Å². The third-order valence-corrected chi connectivity index (χ3v) is 7.90. The van der Waals surface area contributed by atoms with Crippen LogP contribution in [-0.2, 0) is 14.3 Å². The zero-order valence-electron chi connectivity index (χ0n) is 25.8. The van der Waals surface area contributed by atoms with Gasteiger partial charge in [-0.25, -0.2) is 0 Å². The maximum absolute atomic E-state index is 13.7. The molecule has 0 spiro atoms. The predicted octanol–water partition coefficient (Wildman–Crippen LogP) is 9.63. The lowest BCUT2D eigenvalue weighted by atomic mass is 9.76. The maximum Gasteiger partial charge on any atom is 0.200 e. The summed E-state index contributed by atoms with van der Waals surface area (Å²) >= 11 is 0. The van der Waals surface area contributed by atoms with Gasteiger partial charge in [-0.3, -0.25) is 4.79 Å². The number of carbonyl (C=O) groups is 1. The molecule has 216 valence electrons. The van der Waals surface area contributed by atoms with Crippen molar-refractivity contribution in [3.05, 3.63) is 141 Å². The zero-order chi connectivity index (χ0) is 30.4. The summed E-state index contributed by atoms with van der Waals surface area (Å²) < 4.78 is 12.6. The number of benzene rings is 2. The smallest absolute Gasteiger partial charge is 0.200 e. The molecule has 2 aliphatic heterocycles. The fourth-order valence-corrected chi connectivity index (χ4v) is 5.23. The van der Waals surface area contributed by atoms with Crippen molar-refractivity contribution in [3.63, 3.8) is 0 Å². The highest BCUT2D eigenvalue weighted by atomic mass is 16.5. The second kappa shape index (κ2) is 10.8. The van der Waals surface area contributed by atoms with E-state index in [0.29, 0.717) is 11.1 Å². The van der Waals surface area contributed by atoms with Gasteiger partial charge in [-0.2, -0.15) is 0 Å². The molecule has 2 aromatic carbocycles. The summed E-state index contributed by atoms with van der Waals surface area (Å²) in [4.78, 5) is 13.7. The summed E-state index contributed by atoms with van der Waals surface area (Å²) in [5.74, 6) is 2.81. The first kappa shape index (κ1) is 29.2. The molecule has 1 atom stereocenters. The molecule has 0 radical (unpaired) electrons. The normalized spacial score (nSPS) is 21.7. The number of hydrogen-bond donors (Lipinski definition) is 1. The highest BCUT2D eigenvalue weighted by Crippen LogP contribution is 2.44. The summed E-state index contributed by atoms with van der Waals surface area (Å²) in [7, 11) is 0. The highest BCUT2D eigenvalue weighted by Gasteiger charge is 2.39. The Kier molecular flexibility index (Phi) is 7.53. The number of allylic oxidation sites excluding steroid dienone is 11. The summed E-state index contributed by atoms with van der Waals surface area (Å²) in [6.07, 6.45) is 8.02. The van der Waals surface area contributed by atoms with Crippen molar-refractivity contribution in [1.29, 1.82) is 0 Å². The third-order valence-electron chi connectivity index (χ3n) is 7.90. The lowest BCUT2D eigenvalue weighted by Gasteiger charge is -2.32. The molecule has 1 unspecified atom stereocenters. The Hall–Kier alpha value is -4.31. The molecule has 0 bridgehead atoms. The summed E-state index contributed by atoms with van der Waals surface area (Å²) in [6.45, 7) is 16.4. The molecule has 0 amide bonds. The first-order valence-electron chi connectivity index (χ1n) is 14.5. The standard InChI is InChI=1S/C38H40O4/c1-23(27-19-29(25-15-11-9-12-16-25)41-31(21-27)37(3,4)5)33-35(39)34(36(33)40)24(2)28-20-30(26-17-13-10-14-18-26)42-32(22-28)38(6,7)8/h9-22,27,39H,1-8H3/b28-24-,33-23?. The molecule has 0 aromatic heterocycles. The topological polar surface area (TPSA) is 55.8 Å². The van der Waals surface area contributed by atoms with Crippen LogP contribution in [0.15, 0.2) is 130 Å². The minimum atomic E-state index is -0.246. The fraction of sp³-hybridized carbons (Fsp3) is 0.289. The first-order chi connectivity index (χ1) is 19.8. The van der Waals surface area contributed by atoms with E-state index < -0.39 is 0 Å². The van der Waals surface area contributed by atoms with Gasteiger partial charge in [-0.1, -0.05) is 102 Å². The summed E-state index contributed by atoms with van der Waals surface area (Å²) in [5.41, 5.74) is 4.56. The Morgan fingerprint density at radius 3 is 1.76 bits per heavy atom. The van der Waals surface area contributed by atoms with E-state index in [1.165, 1.54) is 0 Å². The number of Topliss-reactive ketones (excluding diaryl/α,β-unsaturated/α-hetero) is 1. The summed E-state index contributed by atoms with van der Waals surface area (Å²) in [6, 6.07) is 19.9. The van der Waals surface area contributed by atoms with Crippen molar-refractivity contribution >= 4 is 17.3 Å². The first-order valence-corrected chi connectivity index (χ1v) is 14.5. The van der Waals surface area contributed by atoms with Gasteiger partial charge in [0.05, 0.1) is 11.1 Å². The molecule has 0 fully saturated rings. The molecular weight excluding hydrogens is 520 g/mol. The molecular formula is C38H40O4. The Bertz CT molecular complexity index is 1640. The number of ether oxygens (including phenoxy) is 2. The van der Waals surface area contributed by atoms with E-state index in [1.807, 2.05) is 92.7 Å². The average Bonchev–Trinajstić information content (AvgIpc) is 2.96. The van der Waals surface area contributed by atoms with Gasteiger partial charge in [0, 0.05) is 27.9 Å². The minimum absolute atomic E-state index is 0.0428. The van der Waals surface area contributed by atoms with Crippen molar-refractivity contribution < 1.29 is 19.4 Å². The average molecular weight is 561 g/mol. The fourth-order valence-electron chi connectivity index (χ4n) is 5.23. The third kappa shape index (κ3) is 5.59. The molecule has 1 N–H and O–H groups in total. The Morgan fingerprint density at radius 1 is 0.714 bits per heavy atom. The van der Waals surface area contributed by atoms with Crippen molar-refractivity contribution in [2.24, 2.45) is 16.7 Å². The molecule has 3 aliphatic rings. The Balaban J connectivity index is 1.59. The van der Waals surface area contributed by atoms with E-state index in [0.717, 1.165) is 50.9 Å². The maximum atomic E-state index is 13.7. The van der Waals surface area contributed by atoms with Gasteiger partial charge in [0.25, 0.3) is 0 Å². The van der Waals surface area contributed by atoms with Gasteiger partial charge in [-0.05, 0) is 54.9 Å². The number of aliphatic hydroxyl groups excluding tert-OH is 1. The van der Waals surface area contributed by atoms with Gasteiger partial charge < -0.3 is 14.6 Å².